The summed E-state index contributed by atoms with van der Waals surface area (Å²) in [7, 11) is 0. The van der Waals surface area contributed by atoms with E-state index in [9.17, 15) is 0 Å². The maximum Gasteiger partial charge on any atom is 0.194 e. The lowest BCUT2D eigenvalue weighted by Crippen LogP contribution is -2.12. The zero-order valence-corrected chi connectivity index (χ0v) is 11.8. The van der Waals surface area contributed by atoms with Crippen molar-refractivity contribution in [2.75, 3.05) is 0 Å². The Kier molecular flexibility index (Phi) is 2.56. The van der Waals surface area contributed by atoms with E-state index in [2.05, 4.69) is 45.9 Å². The van der Waals surface area contributed by atoms with E-state index in [4.69, 9.17) is 9.78 Å². The lowest BCUT2D eigenvalue weighted by atomic mass is 9.84. The highest BCUT2D eigenvalue weighted by molar-refractivity contribution is 5.82. The molecule has 1 aliphatic rings. The summed E-state index contributed by atoms with van der Waals surface area (Å²) in [4.78, 5) is 10.8. The fourth-order valence-electron chi connectivity index (χ4n) is 2.51. The molecule has 0 unspecified atom stereocenters. The molecule has 3 rings (SSSR count). The van der Waals surface area contributed by atoms with Crippen molar-refractivity contribution < 1.29 is 9.78 Å². The van der Waals surface area contributed by atoms with Crippen molar-refractivity contribution in [3.63, 3.8) is 0 Å². The maximum atomic E-state index is 5.48. The minimum Gasteiger partial charge on any atom is -0.289 e. The van der Waals surface area contributed by atoms with E-state index >= 15 is 0 Å². The van der Waals surface area contributed by atoms with Crippen LogP contribution in [0, 0.1) is 6.92 Å². The molecule has 98 valence electrons. The van der Waals surface area contributed by atoms with Crippen molar-refractivity contribution in [3.05, 3.63) is 47.5 Å². The highest BCUT2D eigenvalue weighted by Gasteiger charge is 2.31. The Morgan fingerprint density at radius 2 is 1.63 bits per heavy atom. The summed E-state index contributed by atoms with van der Waals surface area (Å²) in [5, 5.41) is 0. The van der Waals surface area contributed by atoms with Crippen molar-refractivity contribution in [2.45, 2.75) is 33.1 Å². The second-order valence-electron chi connectivity index (χ2n) is 6.05. The molecule has 0 atom stereocenters. The fourth-order valence-corrected chi connectivity index (χ4v) is 2.51. The monoisotopic (exact) mass is 254 g/mol. The molecule has 19 heavy (non-hydrogen) atoms. The van der Waals surface area contributed by atoms with Gasteiger partial charge >= 0.3 is 0 Å². The van der Waals surface area contributed by atoms with Crippen LogP contribution in [0.4, 0.5) is 0 Å². The van der Waals surface area contributed by atoms with Crippen molar-refractivity contribution in [1.29, 1.82) is 0 Å². The minimum absolute atomic E-state index is 0.0268. The molecule has 0 amide bonds. The third kappa shape index (κ3) is 1.88. The number of benzene rings is 2. The highest BCUT2D eigenvalue weighted by atomic mass is 17.2. The molecule has 0 saturated heterocycles. The Morgan fingerprint density at radius 1 is 0.895 bits per heavy atom. The van der Waals surface area contributed by atoms with Gasteiger partial charge in [0.15, 0.2) is 11.5 Å². The van der Waals surface area contributed by atoms with Gasteiger partial charge in [-0.05, 0) is 29.5 Å². The molecule has 1 aliphatic heterocycles. The van der Waals surface area contributed by atoms with E-state index in [1.807, 2.05) is 18.2 Å². The van der Waals surface area contributed by atoms with E-state index in [1.165, 1.54) is 16.7 Å². The average Bonchev–Trinajstić information content (AvgIpc) is 2.61. The molecule has 2 bridgehead atoms. The Hall–Kier alpha value is -1.96. The van der Waals surface area contributed by atoms with Crippen LogP contribution in [0.1, 0.15) is 31.9 Å². The van der Waals surface area contributed by atoms with Crippen LogP contribution in [-0.2, 0) is 5.41 Å². The van der Waals surface area contributed by atoms with Gasteiger partial charge < -0.3 is 0 Å². The van der Waals surface area contributed by atoms with E-state index < -0.39 is 0 Å². The summed E-state index contributed by atoms with van der Waals surface area (Å²) in [5.41, 5.74) is 4.68. The van der Waals surface area contributed by atoms with Crippen LogP contribution in [-0.4, -0.2) is 0 Å². The van der Waals surface area contributed by atoms with Gasteiger partial charge in [-0.1, -0.05) is 51.1 Å². The standard InChI is InChI=1S/C17H18O2/c1-11-7-5-6-8-12(11)15-14-10-9-13(17(2,3)4)16(15)19-18-14/h5-10H,1-4H3. The first kappa shape index (κ1) is 12.1. The fraction of sp³-hybridized carbons (Fsp3) is 0.294. The smallest absolute Gasteiger partial charge is 0.194 e. The molecule has 0 spiro atoms. The second kappa shape index (κ2) is 4.02. The molecule has 1 heterocycles. The van der Waals surface area contributed by atoms with Gasteiger partial charge in [-0.2, -0.15) is 0 Å². The van der Waals surface area contributed by atoms with Crippen molar-refractivity contribution in [3.8, 4) is 22.6 Å². The summed E-state index contributed by atoms with van der Waals surface area (Å²) in [6, 6.07) is 12.4. The van der Waals surface area contributed by atoms with Gasteiger partial charge in [-0.3, -0.25) is 9.78 Å². The third-order valence-electron chi connectivity index (χ3n) is 3.56. The summed E-state index contributed by atoms with van der Waals surface area (Å²) in [6.07, 6.45) is 0. The molecule has 2 heteroatoms. The van der Waals surface area contributed by atoms with Gasteiger partial charge in [0, 0.05) is 5.56 Å². The Labute approximate surface area is 113 Å². The van der Waals surface area contributed by atoms with Gasteiger partial charge in [0.05, 0.1) is 5.56 Å². The van der Waals surface area contributed by atoms with Crippen LogP contribution in [0.3, 0.4) is 0 Å². The third-order valence-corrected chi connectivity index (χ3v) is 3.56. The number of rotatable bonds is 1. The zero-order valence-electron chi connectivity index (χ0n) is 11.8. The Morgan fingerprint density at radius 3 is 2.32 bits per heavy atom. The van der Waals surface area contributed by atoms with Crippen LogP contribution < -0.4 is 9.78 Å². The molecule has 2 nitrogen and oxygen atoms in total. The molecule has 0 fully saturated rings. The average molecular weight is 254 g/mol. The van der Waals surface area contributed by atoms with Crippen molar-refractivity contribution in [2.24, 2.45) is 0 Å². The normalized spacial score (nSPS) is 13.1. The molecule has 0 N–H and O–H groups in total. The van der Waals surface area contributed by atoms with Gasteiger partial charge in [0.1, 0.15) is 0 Å². The predicted molar refractivity (Wildman–Crippen MR) is 76.6 cm³/mol. The molecular weight excluding hydrogens is 236 g/mol. The largest absolute Gasteiger partial charge is 0.289 e. The van der Waals surface area contributed by atoms with Crippen molar-refractivity contribution in [1.82, 2.24) is 0 Å². The van der Waals surface area contributed by atoms with Gasteiger partial charge in [0.2, 0.25) is 0 Å². The van der Waals surface area contributed by atoms with Gasteiger partial charge in [-0.25, -0.2) is 0 Å². The highest BCUT2D eigenvalue weighted by Crippen LogP contribution is 2.49. The quantitative estimate of drug-likeness (QED) is 0.690. The Balaban J connectivity index is 2.27. The number of hydrogen-bond acceptors (Lipinski definition) is 2. The molecule has 2 aromatic rings. The molecule has 2 aromatic carbocycles. The van der Waals surface area contributed by atoms with E-state index in [0.29, 0.717) is 0 Å². The zero-order chi connectivity index (χ0) is 13.6. The Bertz CT molecular complexity index is 636. The first-order valence-corrected chi connectivity index (χ1v) is 6.56. The van der Waals surface area contributed by atoms with Crippen LogP contribution in [0.25, 0.3) is 11.1 Å². The predicted octanol–water partition coefficient (Wildman–Crippen LogP) is 4.65. The molecule has 0 aliphatic carbocycles. The van der Waals surface area contributed by atoms with E-state index in [0.717, 1.165) is 17.1 Å². The summed E-state index contributed by atoms with van der Waals surface area (Å²) < 4.78 is 0. The molecule has 0 radical (unpaired) electrons. The van der Waals surface area contributed by atoms with Crippen molar-refractivity contribution >= 4 is 0 Å². The first-order valence-electron chi connectivity index (χ1n) is 6.56. The van der Waals surface area contributed by atoms with E-state index in [-0.39, 0.29) is 5.41 Å². The molecule has 0 saturated carbocycles. The lowest BCUT2D eigenvalue weighted by molar-refractivity contribution is -0.0858. The van der Waals surface area contributed by atoms with Gasteiger partial charge in [-0.15, -0.1) is 0 Å². The van der Waals surface area contributed by atoms with Crippen LogP contribution >= 0.6 is 0 Å². The maximum absolute atomic E-state index is 5.48. The summed E-state index contributed by atoms with van der Waals surface area (Å²) >= 11 is 0. The van der Waals surface area contributed by atoms with Gasteiger partial charge in [0.25, 0.3) is 0 Å². The topological polar surface area (TPSA) is 18.5 Å². The van der Waals surface area contributed by atoms with Crippen LogP contribution in [0.15, 0.2) is 36.4 Å². The molecule has 0 aromatic heterocycles. The van der Waals surface area contributed by atoms with E-state index in [1.54, 1.807) is 0 Å². The summed E-state index contributed by atoms with van der Waals surface area (Å²) in [6.45, 7) is 8.66. The minimum atomic E-state index is 0.0268. The molecular formula is C17H18O2. The SMILES string of the molecule is Cc1ccccc1-c1c2ccc(C(C)(C)C)c1OO2. The van der Waals surface area contributed by atoms with Crippen LogP contribution in [0.2, 0.25) is 0 Å². The number of hydrogen-bond donors (Lipinski definition) is 0. The second-order valence-corrected chi connectivity index (χ2v) is 6.05. The first-order chi connectivity index (χ1) is 8.98. The number of fused-ring (bicyclic) bond motifs is 2. The lowest BCUT2D eigenvalue weighted by Gasteiger charge is -2.20. The van der Waals surface area contributed by atoms with Crippen LogP contribution in [0.5, 0.6) is 11.5 Å². The number of aryl methyl sites for hydroxylation is 1. The summed E-state index contributed by atoms with van der Waals surface area (Å²) in [5.74, 6) is 1.66.